The molecule has 1 rings (SSSR count). The number of thiol groups is 1. The molecule has 0 saturated heterocycles. The summed E-state index contributed by atoms with van der Waals surface area (Å²) in [6, 6.07) is 0.352. The van der Waals surface area contributed by atoms with Crippen LogP contribution in [0.5, 0.6) is 0 Å². The minimum atomic E-state index is -0.176. The fourth-order valence-electron chi connectivity index (χ4n) is 2.36. The number of hydrogen-bond acceptors (Lipinski definition) is 2. The number of nitrogens with one attached hydrogen (secondary N) is 1. The second-order valence-corrected chi connectivity index (χ2v) is 6.13. The average Bonchev–Trinajstić information content (AvgIpc) is 2.23. The molecule has 94 valence electrons. The SMILES string of the molecule is CC(C)C(S)C(=O)NC1CCCC(C)C1C. The number of carbonyl (C=O) groups excluding carboxylic acids is 1. The first kappa shape index (κ1) is 13.9. The van der Waals surface area contributed by atoms with Gasteiger partial charge in [-0.15, -0.1) is 0 Å². The molecule has 1 amide bonds. The number of rotatable bonds is 3. The average molecular weight is 243 g/mol. The highest BCUT2D eigenvalue weighted by atomic mass is 32.1. The van der Waals surface area contributed by atoms with Crippen LogP contribution in [0.4, 0.5) is 0 Å². The molecule has 4 unspecified atom stereocenters. The Morgan fingerprint density at radius 1 is 1.31 bits per heavy atom. The van der Waals surface area contributed by atoms with Crippen molar-refractivity contribution in [2.45, 2.75) is 58.2 Å². The molecule has 1 saturated carbocycles. The molecule has 4 atom stereocenters. The Morgan fingerprint density at radius 2 is 1.94 bits per heavy atom. The lowest BCUT2D eigenvalue weighted by Gasteiger charge is -2.35. The van der Waals surface area contributed by atoms with E-state index in [1.165, 1.54) is 12.8 Å². The summed E-state index contributed by atoms with van der Waals surface area (Å²) in [5.74, 6) is 1.70. The summed E-state index contributed by atoms with van der Waals surface area (Å²) in [4.78, 5) is 11.9. The summed E-state index contributed by atoms with van der Waals surface area (Å²) in [6.45, 7) is 8.59. The van der Waals surface area contributed by atoms with Gasteiger partial charge < -0.3 is 5.32 Å². The van der Waals surface area contributed by atoms with E-state index < -0.39 is 0 Å². The van der Waals surface area contributed by atoms with Crippen molar-refractivity contribution in [2.75, 3.05) is 0 Å². The van der Waals surface area contributed by atoms with Gasteiger partial charge in [0.15, 0.2) is 0 Å². The first-order chi connectivity index (χ1) is 7.43. The number of amides is 1. The highest BCUT2D eigenvalue weighted by Gasteiger charge is 2.29. The lowest BCUT2D eigenvalue weighted by atomic mass is 9.78. The van der Waals surface area contributed by atoms with Gasteiger partial charge in [0.2, 0.25) is 5.91 Å². The normalized spacial score (nSPS) is 32.5. The molecule has 0 spiro atoms. The molecular formula is C13H25NOS. The zero-order valence-corrected chi connectivity index (χ0v) is 11.8. The first-order valence-corrected chi connectivity index (χ1v) is 6.93. The van der Waals surface area contributed by atoms with Crippen LogP contribution in [0.1, 0.15) is 47.0 Å². The summed E-state index contributed by atoms with van der Waals surface area (Å²) in [5, 5.41) is 2.99. The van der Waals surface area contributed by atoms with Crippen molar-refractivity contribution in [3.8, 4) is 0 Å². The van der Waals surface area contributed by atoms with E-state index >= 15 is 0 Å². The molecule has 2 nitrogen and oxygen atoms in total. The largest absolute Gasteiger partial charge is 0.352 e. The lowest BCUT2D eigenvalue weighted by molar-refractivity contribution is -0.122. The predicted octanol–water partition coefficient (Wildman–Crippen LogP) is 2.88. The van der Waals surface area contributed by atoms with Gasteiger partial charge >= 0.3 is 0 Å². The second kappa shape index (κ2) is 5.95. The molecular weight excluding hydrogens is 218 g/mol. The van der Waals surface area contributed by atoms with Crippen LogP contribution in [-0.4, -0.2) is 17.2 Å². The van der Waals surface area contributed by atoms with Crippen molar-refractivity contribution < 1.29 is 4.79 Å². The van der Waals surface area contributed by atoms with Gasteiger partial charge in [0, 0.05) is 6.04 Å². The molecule has 0 radical (unpaired) electrons. The van der Waals surface area contributed by atoms with Gasteiger partial charge in [-0.1, -0.05) is 40.5 Å². The third kappa shape index (κ3) is 3.41. The molecule has 0 aromatic heterocycles. The molecule has 0 bridgehead atoms. The monoisotopic (exact) mass is 243 g/mol. The Bertz CT molecular complexity index is 242. The Kier molecular flexibility index (Phi) is 5.16. The van der Waals surface area contributed by atoms with Crippen molar-refractivity contribution >= 4 is 18.5 Å². The van der Waals surface area contributed by atoms with Gasteiger partial charge in [-0.25, -0.2) is 0 Å². The fourth-order valence-corrected chi connectivity index (χ4v) is 2.43. The summed E-state index contributed by atoms with van der Waals surface area (Å²) in [6.07, 6.45) is 3.65. The summed E-state index contributed by atoms with van der Waals surface area (Å²) in [7, 11) is 0. The minimum absolute atomic E-state index is 0.101. The van der Waals surface area contributed by atoms with Crippen LogP contribution in [0.2, 0.25) is 0 Å². The van der Waals surface area contributed by atoms with Gasteiger partial charge in [-0.05, 0) is 24.2 Å². The molecule has 3 heteroatoms. The lowest BCUT2D eigenvalue weighted by Crippen LogP contribution is -2.47. The third-order valence-corrected chi connectivity index (χ3v) is 4.77. The van der Waals surface area contributed by atoms with Gasteiger partial charge in [-0.2, -0.15) is 12.6 Å². The van der Waals surface area contributed by atoms with E-state index in [1.54, 1.807) is 0 Å². The second-order valence-electron chi connectivity index (χ2n) is 5.57. The molecule has 0 aliphatic heterocycles. The van der Waals surface area contributed by atoms with E-state index in [1.807, 2.05) is 13.8 Å². The first-order valence-electron chi connectivity index (χ1n) is 6.42. The predicted molar refractivity (Wildman–Crippen MR) is 71.7 cm³/mol. The van der Waals surface area contributed by atoms with E-state index in [4.69, 9.17) is 0 Å². The van der Waals surface area contributed by atoms with Crippen molar-refractivity contribution in [3.05, 3.63) is 0 Å². The Morgan fingerprint density at radius 3 is 2.50 bits per heavy atom. The van der Waals surface area contributed by atoms with Gasteiger partial charge in [0.1, 0.15) is 0 Å². The van der Waals surface area contributed by atoms with Crippen LogP contribution in [0.15, 0.2) is 0 Å². The Hall–Kier alpha value is -0.180. The van der Waals surface area contributed by atoms with Crippen molar-refractivity contribution in [1.82, 2.24) is 5.32 Å². The molecule has 0 heterocycles. The van der Waals surface area contributed by atoms with Gasteiger partial charge in [-0.3, -0.25) is 4.79 Å². The van der Waals surface area contributed by atoms with Crippen LogP contribution < -0.4 is 5.32 Å². The maximum absolute atomic E-state index is 11.9. The van der Waals surface area contributed by atoms with E-state index in [9.17, 15) is 4.79 Å². The maximum atomic E-state index is 11.9. The quantitative estimate of drug-likeness (QED) is 0.733. The van der Waals surface area contributed by atoms with Crippen molar-refractivity contribution in [1.29, 1.82) is 0 Å². The molecule has 1 aliphatic rings. The highest BCUT2D eigenvalue weighted by Crippen LogP contribution is 2.29. The van der Waals surface area contributed by atoms with Crippen LogP contribution in [0.3, 0.4) is 0 Å². The van der Waals surface area contributed by atoms with E-state index in [-0.39, 0.29) is 11.2 Å². The zero-order chi connectivity index (χ0) is 12.3. The van der Waals surface area contributed by atoms with Gasteiger partial charge in [0.25, 0.3) is 0 Å². The van der Waals surface area contributed by atoms with Crippen LogP contribution in [-0.2, 0) is 4.79 Å². The summed E-state index contributed by atoms with van der Waals surface area (Å²) in [5.41, 5.74) is 0. The van der Waals surface area contributed by atoms with Crippen LogP contribution in [0, 0.1) is 17.8 Å². The van der Waals surface area contributed by atoms with E-state index in [0.717, 1.165) is 12.3 Å². The molecule has 0 aromatic carbocycles. The Labute approximate surface area is 105 Å². The maximum Gasteiger partial charge on any atom is 0.233 e. The molecule has 1 aliphatic carbocycles. The fraction of sp³-hybridized carbons (Fsp3) is 0.923. The molecule has 1 fully saturated rings. The molecule has 1 N–H and O–H groups in total. The van der Waals surface area contributed by atoms with Gasteiger partial charge in [0.05, 0.1) is 5.25 Å². The van der Waals surface area contributed by atoms with Crippen molar-refractivity contribution in [2.24, 2.45) is 17.8 Å². The molecule has 16 heavy (non-hydrogen) atoms. The Balaban J connectivity index is 2.50. The standard InChI is InChI=1S/C13H25NOS/c1-8(2)12(16)13(15)14-11-7-5-6-9(3)10(11)4/h8-12,16H,5-7H2,1-4H3,(H,14,15). The van der Waals surface area contributed by atoms with Crippen molar-refractivity contribution in [3.63, 3.8) is 0 Å². The van der Waals surface area contributed by atoms with Crippen LogP contribution in [0.25, 0.3) is 0 Å². The van der Waals surface area contributed by atoms with E-state index in [0.29, 0.717) is 17.9 Å². The smallest absolute Gasteiger partial charge is 0.233 e. The minimum Gasteiger partial charge on any atom is -0.352 e. The number of carbonyl (C=O) groups is 1. The number of hydrogen-bond donors (Lipinski definition) is 2. The topological polar surface area (TPSA) is 29.1 Å². The van der Waals surface area contributed by atoms with E-state index in [2.05, 4.69) is 31.8 Å². The van der Waals surface area contributed by atoms with Crippen LogP contribution >= 0.6 is 12.6 Å². The summed E-state index contributed by atoms with van der Waals surface area (Å²) < 4.78 is 0. The third-order valence-electron chi connectivity index (χ3n) is 3.93. The highest BCUT2D eigenvalue weighted by molar-refractivity contribution is 7.81. The zero-order valence-electron chi connectivity index (χ0n) is 10.9. The summed E-state index contributed by atoms with van der Waals surface area (Å²) >= 11 is 4.36. The molecule has 0 aromatic rings.